The third kappa shape index (κ3) is 3.06. The Kier molecular flexibility index (Phi) is 3.49. The highest BCUT2D eigenvalue weighted by Gasteiger charge is 2.17. The zero-order chi connectivity index (χ0) is 14.0. The third-order valence-corrected chi connectivity index (χ3v) is 3.09. The van der Waals surface area contributed by atoms with E-state index >= 15 is 0 Å². The van der Waals surface area contributed by atoms with E-state index in [1.165, 1.54) is 0 Å². The average Bonchev–Trinajstić information content (AvgIpc) is 2.37. The van der Waals surface area contributed by atoms with Gasteiger partial charge in [0.1, 0.15) is 5.75 Å². The van der Waals surface area contributed by atoms with Crippen LogP contribution in [0.25, 0.3) is 11.1 Å². The molecular weight excluding hydrogens is 238 g/mol. The first-order chi connectivity index (χ1) is 8.90. The van der Waals surface area contributed by atoms with E-state index in [1.54, 1.807) is 27.0 Å². The molecule has 3 heteroatoms. The molecule has 3 N–H and O–H groups in total. The van der Waals surface area contributed by atoms with Crippen LogP contribution in [0.1, 0.15) is 19.4 Å². The quantitative estimate of drug-likeness (QED) is 0.830. The van der Waals surface area contributed by atoms with Crippen molar-refractivity contribution in [3.05, 3.63) is 48.0 Å². The molecule has 19 heavy (non-hydrogen) atoms. The normalized spacial score (nSPS) is 11.4. The Morgan fingerprint density at radius 1 is 1.00 bits per heavy atom. The van der Waals surface area contributed by atoms with Crippen molar-refractivity contribution < 1.29 is 9.84 Å². The van der Waals surface area contributed by atoms with Crippen LogP contribution in [0, 0.1) is 0 Å². The van der Waals surface area contributed by atoms with Crippen LogP contribution in [0.15, 0.2) is 42.5 Å². The summed E-state index contributed by atoms with van der Waals surface area (Å²) in [4.78, 5) is 0. The van der Waals surface area contributed by atoms with Crippen LogP contribution in [0.2, 0.25) is 0 Å². The van der Waals surface area contributed by atoms with E-state index in [9.17, 15) is 5.11 Å². The van der Waals surface area contributed by atoms with Gasteiger partial charge in [-0.1, -0.05) is 12.1 Å². The maximum absolute atomic E-state index is 10.1. The number of benzene rings is 2. The number of aliphatic hydroxyl groups is 1. The number of hydrogen-bond acceptors (Lipinski definition) is 3. The van der Waals surface area contributed by atoms with Crippen molar-refractivity contribution in [3.8, 4) is 16.9 Å². The summed E-state index contributed by atoms with van der Waals surface area (Å²) in [6.45, 7) is 3.50. The van der Waals surface area contributed by atoms with Gasteiger partial charge in [0.15, 0.2) is 0 Å². The van der Waals surface area contributed by atoms with Gasteiger partial charge < -0.3 is 15.6 Å². The Bertz CT molecular complexity index is 568. The average molecular weight is 257 g/mol. The van der Waals surface area contributed by atoms with Gasteiger partial charge in [0.05, 0.1) is 12.7 Å². The highest BCUT2D eigenvalue weighted by atomic mass is 16.5. The minimum Gasteiger partial charge on any atom is -0.497 e. The van der Waals surface area contributed by atoms with Gasteiger partial charge in [0.25, 0.3) is 0 Å². The van der Waals surface area contributed by atoms with E-state index < -0.39 is 5.60 Å². The fourth-order valence-electron chi connectivity index (χ4n) is 1.96. The highest BCUT2D eigenvalue weighted by Crippen LogP contribution is 2.29. The van der Waals surface area contributed by atoms with E-state index in [-0.39, 0.29) is 0 Å². The van der Waals surface area contributed by atoms with E-state index in [0.29, 0.717) is 5.69 Å². The molecule has 0 heterocycles. The minimum atomic E-state index is -0.906. The van der Waals surface area contributed by atoms with Gasteiger partial charge in [0.2, 0.25) is 0 Å². The molecule has 3 nitrogen and oxygen atoms in total. The molecule has 0 aliphatic rings. The summed E-state index contributed by atoms with van der Waals surface area (Å²) < 4.78 is 5.14. The molecule has 0 fully saturated rings. The Labute approximate surface area is 113 Å². The van der Waals surface area contributed by atoms with Crippen molar-refractivity contribution in [2.75, 3.05) is 12.8 Å². The van der Waals surface area contributed by atoms with Crippen LogP contribution in [0.4, 0.5) is 5.69 Å². The number of ether oxygens (including phenoxy) is 1. The summed E-state index contributed by atoms with van der Waals surface area (Å²) in [5, 5.41) is 10.1. The van der Waals surface area contributed by atoms with Crippen molar-refractivity contribution in [1.29, 1.82) is 0 Å². The number of nitrogens with two attached hydrogens (primary N) is 1. The van der Waals surface area contributed by atoms with Crippen LogP contribution < -0.4 is 10.5 Å². The zero-order valence-electron chi connectivity index (χ0n) is 11.5. The Morgan fingerprint density at radius 3 is 2.16 bits per heavy atom. The van der Waals surface area contributed by atoms with Crippen LogP contribution in [-0.4, -0.2) is 12.2 Å². The molecule has 0 saturated heterocycles. The second-order valence-electron chi connectivity index (χ2n) is 5.13. The second-order valence-corrected chi connectivity index (χ2v) is 5.13. The topological polar surface area (TPSA) is 55.5 Å². The zero-order valence-corrected chi connectivity index (χ0v) is 11.5. The van der Waals surface area contributed by atoms with E-state index in [2.05, 4.69) is 0 Å². The second kappa shape index (κ2) is 4.94. The molecule has 0 bridgehead atoms. The van der Waals surface area contributed by atoms with Crippen molar-refractivity contribution >= 4 is 5.69 Å². The lowest BCUT2D eigenvalue weighted by atomic mass is 9.93. The fraction of sp³-hybridized carbons (Fsp3) is 0.250. The molecule has 0 saturated carbocycles. The Hall–Kier alpha value is -2.00. The molecule has 0 spiro atoms. The molecule has 2 aromatic rings. The summed E-state index contributed by atoms with van der Waals surface area (Å²) in [6, 6.07) is 13.4. The SMILES string of the molecule is COc1ccc(-c2cc(N)cc(C(C)(C)O)c2)cc1. The van der Waals surface area contributed by atoms with Gasteiger partial charge >= 0.3 is 0 Å². The predicted octanol–water partition coefficient (Wildman–Crippen LogP) is 3.17. The van der Waals surface area contributed by atoms with Gasteiger partial charge in [-0.05, 0) is 60.9 Å². The molecule has 0 amide bonds. The Balaban J connectivity index is 2.46. The summed E-state index contributed by atoms with van der Waals surface area (Å²) in [5.41, 5.74) is 8.48. The maximum atomic E-state index is 10.1. The standard InChI is InChI=1S/C16H19NO2/c1-16(2,18)13-8-12(9-14(17)10-13)11-4-6-15(19-3)7-5-11/h4-10,18H,17H2,1-3H3. The van der Waals surface area contributed by atoms with Crippen molar-refractivity contribution in [2.24, 2.45) is 0 Å². The minimum absolute atomic E-state index is 0.644. The van der Waals surface area contributed by atoms with E-state index in [0.717, 1.165) is 22.4 Å². The maximum Gasteiger partial charge on any atom is 0.118 e. The summed E-state index contributed by atoms with van der Waals surface area (Å²) in [7, 11) is 1.64. The molecule has 0 unspecified atom stereocenters. The largest absolute Gasteiger partial charge is 0.497 e. The molecule has 100 valence electrons. The molecule has 0 atom stereocenters. The van der Waals surface area contributed by atoms with Crippen molar-refractivity contribution in [2.45, 2.75) is 19.4 Å². The van der Waals surface area contributed by atoms with Gasteiger partial charge in [0, 0.05) is 5.69 Å². The number of anilines is 1. The van der Waals surface area contributed by atoms with Gasteiger partial charge in [-0.3, -0.25) is 0 Å². The van der Waals surface area contributed by atoms with Gasteiger partial charge in [-0.15, -0.1) is 0 Å². The lowest BCUT2D eigenvalue weighted by Crippen LogP contribution is -2.15. The van der Waals surface area contributed by atoms with Crippen LogP contribution in [0.3, 0.4) is 0 Å². The molecule has 0 aromatic heterocycles. The van der Waals surface area contributed by atoms with Gasteiger partial charge in [-0.25, -0.2) is 0 Å². The monoisotopic (exact) mass is 257 g/mol. The fourth-order valence-corrected chi connectivity index (χ4v) is 1.96. The Morgan fingerprint density at radius 2 is 1.63 bits per heavy atom. The highest BCUT2D eigenvalue weighted by molar-refractivity contribution is 5.69. The first-order valence-corrected chi connectivity index (χ1v) is 6.18. The van der Waals surface area contributed by atoms with Crippen LogP contribution >= 0.6 is 0 Å². The van der Waals surface area contributed by atoms with Crippen LogP contribution in [-0.2, 0) is 5.60 Å². The molecule has 2 rings (SSSR count). The van der Waals surface area contributed by atoms with Crippen LogP contribution in [0.5, 0.6) is 5.75 Å². The lowest BCUT2D eigenvalue weighted by Gasteiger charge is -2.19. The van der Waals surface area contributed by atoms with Crippen molar-refractivity contribution in [1.82, 2.24) is 0 Å². The molecular formula is C16H19NO2. The van der Waals surface area contributed by atoms with Gasteiger partial charge in [-0.2, -0.15) is 0 Å². The first-order valence-electron chi connectivity index (χ1n) is 6.18. The summed E-state index contributed by atoms with van der Waals surface area (Å²) in [6.07, 6.45) is 0. The lowest BCUT2D eigenvalue weighted by molar-refractivity contribution is 0.0787. The number of nitrogen functional groups attached to an aromatic ring is 1. The number of methoxy groups -OCH3 is 1. The molecule has 0 aliphatic heterocycles. The molecule has 0 aliphatic carbocycles. The number of hydrogen-bond donors (Lipinski definition) is 2. The summed E-state index contributed by atoms with van der Waals surface area (Å²) >= 11 is 0. The first kappa shape index (κ1) is 13.4. The molecule has 2 aromatic carbocycles. The van der Waals surface area contributed by atoms with E-state index in [4.69, 9.17) is 10.5 Å². The predicted molar refractivity (Wildman–Crippen MR) is 78.1 cm³/mol. The third-order valence-electron chi connectivity index (χ3n) is 3.09. The smallest absolute Gasteiger partial charge is 0.118 e. The summed E-state index contributed by atoms with van der Waals surface area (Å²) in [5.74, 6) is 0.815. The molecule has 0 radical (unpaired) electrons. The number of rotatable bonds is 3. The van der Waals surface area contributed by atoms with E-state index in [1.807, 2.05) is 36.4 Å². The van der Waals surface area contributed by atoms with Crippen molar-refractivity contribution in [3.63, 3.8) is 0 Å².